The molecule has 1 heterocycles. The van der Waals surface area contributed by atoms with Crippen molar-refractivity contribution in [3.05, 3.63) is 23.5 Å². The Morgan fingerprint density at radius 2 is 1.83 bits per heavy atom. The molecule has 0 aliphatic carbocycles. The normalized spacial score (nSPS) is 20.6. The smallest absolute Gasteiger partial charge is 0.0250 e. The largest absolute Gasteiger partial charge is 0.404 e. The van der Waals surface area contributed by atoms with E-state index < -0.39 is 0 Å². The van der Waals surface area contributed by atoms with Crippen molar-refractivity contribution >= 4 is 0 Å². The van der Waals surface area contributed by atoms with Crippen LogP contribution in [0.2, 0.25) is 0 Å². The van der Waals surface area contributed by atoms with E-state index in [0.717, 1.165) is 19.4 Å². The summed E-state index contributed by atoms with van der Waals surface area (Å²) in [5.41, 5.74) is 8.86. The third kappa shape index (κ3) is 3.54. The lowest BCUT2D eigenvalue weighted by Gasteiger charge is -2.41. The first-order valence-corrected chi connectivity index (χ1v) is 7.28. The molecule has 0 bridgehead atoms. The van der Waals surface area contributed by atoms with Gasteiger partial charge in [-0.2, -0.15) is 0 Å². The highest BCUT2D eigenvalue weighted by atomic mass is 15.0. The number of rotatable bonds is 4. The first-order chi connectivity index (χ1) is 8.39. The lowest BCUT2D eigenvalue weighted by molar-refractivity contribution is 0.301. The van der Waals surface area contributed by atoms with Crippen LogP contribution in [0.4, 0.5) is 0 Å². The van der Waals surface area contributed by atoms with Gasteiger partial charge in [0, 0.05) is 17.7 Å². The minimum Gasteiger partial charge on any atom is -0.404 e. The monoisotopic (exact) mass is 252 g/mol. The van der Waals surface area contributed by atoms with E-state index in [2.05, 4.69) is 46.0 Å². The quantitative estimate of drug-likeness (QED) is 0.787. The molecule has 3 N–H and O–H groups in total. The molecule has 0 saturated carbocycles. The van der Waals surface area contributed by atoms with E-state index in [-0.39, 0.29) is 10.8 Å². The van der Waals surface area contributed by atoms with Crippen molar-refractivity contribution in [2.24, 2.45) is 16.6 Å². The molecule has 1 fully saturated rings. The van der Waals surface area contributed by atoms with Crippen LogP contribution in [0.3, 0.4) is 0 Å². The molecule has 1 aliphatic heterocycles. The van der Waals surface area contributed by atoms with E-state index in [4.69, 9.17) is 5.73 Å². The fourth-order valence-electron chi connectivity index (χ4n) is 2.03. The Morgan fingerprint density at radius 1 is 1.33 bits per heavy atom. The summed E-state index contributed by atoms with van der Waals surface area (Å²) in [5.74, 6) is 0. The summed E-state index contributed by atoms with van der Waals surface area (Å²) >= 11 is 0. The van der Waals surface area contributed by atoms with Gasteiger partial charge < -0.3 is 11.1 Å². The number of allylic oxidation sites excluding steroid dienone is 2. The Hall–Kier alpha value is -0.920. The highest BCUT2D eigenvalue weighted by Crippen LogP contribution is 2.39. The molecule has 0 aromatic rings. The van der Waals surface area contributed by atoms with Crippen molar-refractivity contribution in [2.75, 3.05) is 6.54 Å². The molecule has 1 rings (SSSR count). The number of nitrogens with two attached hydrogens (primary N) is 1. The molecule has 2 nitrogen and oxygen atoms in total. The molecular weight excluding hydrogens is 220 g/mol. The lowest BCUT2D eigenvalue weighted by Crippen LogP contribution is -2.47. The van der Waals surface area contributed by atoms with Crippen LogP contribution < -0.4 is 11.1 Å². The standard InChI is InChI=1S/C14H26N2.C2H6/c1-6-14(5,7-2)11(9-15)8-12-13(3,4)10-16-12;1-2/h8-9,16H,6-7,10,15H2,1-5H3;1-2H3/b11-9+,12-8-;. The molecule has 0 aromatic heterocycles. The summed E-state index contributed by atoms with van der Waals surface area (Å²) in [6.45, 7) is 16.3. The SMILES string of the molecule is CC.CCC(C)(CC)C(/C=C1\NCC1(C)C)=C/N. The second-order valence-electron chi connectivity index (χ2n) is 5.69. The third-order valence-electron chi connectivity index (χ3n) is 4.19. The van der Waals surface area contributed by atoms with Gasteiger partial charge in [0.2, 0.25) is 0 Å². The Bertz CT molecular complexity index is 307. The maximum absolute atomic E-state index is 5.79. The Morgan fingerprint density at radius 3 is 2.06 bits per heavy atom. The lowest BCUT2D eigenvalue weighted by atomic mass is 9.74. The van der Waals surface area contributed by atoms with Crippen LogP contribution in [-0.2, 0) is 0 Å². The fourth-order valence-corrected chi connectivity index (χ4v) is 2.03. The molecule has 1 saturated heterocycles. The van der Waals surface area contributed by atoms with Crippen molar-refractivity contribution < 1.29 is 0 Å². The maximum atomic E-state index is 5.79. The van der Waals surface area contributed by atoms with E-state index in [1.54, 1.807) is 6.20 Å². The number of nitrogens with one attached hydrogen (secondary N) is 1. The first-order valence-electron chi connectivity index (χ1n) is 7.28. The molecule has 1 aliphatic rings. The van der Waals surface area contributed by atoms with Crippen molar-refractivity contribution in [1.29, 1.82) is 0 Å². The van der Waals surface area contributed by atoms with Gasteiger partial charge in [0.05, 0.1) is 0 Å². The van der Waals surface area contributed by atoms with Crippen LogP contribution >= 0.6 is 0 Å². The van der Waals surface area contributed by atoms with E-state index in [0.29, 0.717) is 0 Å². The van der Waals surface area contributed by atoms with Crippen LogP contribution in [0.25, 0.3) is 0 Å². The molecule has 2 heteroatoms. The highest BCUT2D eigenvalue weighted by Gasteiger charge is 2.33. The fraction of sp³-hybridized carbons (Fsp3) is 0.750. The molecule has 18 heavy (non-hydrogen) atoms. The van der Waals surface area contributed by atoms with Crippen molar-refractivity contribution in [2.45, 2.75) is 61.3 Å². The van der Waals surface area contributed by atoms with Crippen molar-refractivity contribution in [3.8, 4) is 0 Å². The third-order valence-corrected chi connectivity index (χ3v) is 4.19. The number of hydrogen-bond acceptors (Lipinski definition) is 2. The molecule has 0 atom stereocenters. The van der Waals surface area contributed by atoms with Gasteiger partial charge in [0.15, 0.2) is 0 Å². The average Bonchev–Trinajstić information content (AvgIpc) is 2.40. The first kappa shape index (κ1) is 17.1. The second kappa shape index (κ2) is 6.86. The summed E-state index contributed by atoms with van der Waals surface area (Å²) < 4.78 is 0. The predicted molar refractivity (Wildman–Crippen MR) is 82.2 cm³/mol. The molecule has 0 unspecified atom stereocenters. The molecule has 0 spiro atoms. The number of hydrogen-bond donors (Lipinski definition) is 2. The molecule has 0 aromatic carbocycles. The van der Waals surface area contributed by atoms with Gasteiger partial charge in [0.1, 0.15) is 0 Å². The average molecular weight is 252 g/mol. The van der Waals surface area contributed by atoms with Gasteiger partial charge >= 0.3 is 0 Å². The van der Waals surface area contributed by atoms with Crippen molar-refractivity contribution in [1.82, 2.24) is 5.32 Å². The topological polar surface area (TPSA) is 38.0 Å². The maximum Gasteiger partial charge on any atom is 0.0250 e. The zero-order valence-electron chi connectivity index (χ0n) is 13.4. The Kier molecular flexibility index (Phi) is 6.51. The van der Waals surface area contributed by atoms with Gasteiger partial charge in [-0.05, 0) is 36.1 Å². The van der Waals surface area contributed by atoms with Crippen LogP contribution in [0.15, 0.2) is 23.5 Å². The van der Waals surface area contributed by atoms with E-state index in [1.807, 2.05) is 13.8 Å². The van der Waals surface area contributed by atoms with Crippen LogP contribution in [0.5, 0.6) is 0 Å². The summed E-state index contributed by atoms with van der Waals surface area (Å²) in [4.78, 5) is 0. The highest BCUT2D eigenvalue weighted by molar-refractivity contribution is 5.34. The summed E-state index contributed by atoms with van der Waals surface area (Å²) in [5, 5.41) is 3.39. The molecule has 106 valence electrons. The van der Waals surface area contributed by atoms with Gasteiger partial charge in [0.25, 0.3) is 0 Å². The minimum atomic E-state index is 0.203. The second-order valence-corrected chi connectivity index (χ2v) is 5.69. The van der Waals surface area contributed by atoms with E-state index >= 15 is 0 Å². The minimum absolute atomic E-state index is 0.203. The van der Waals surface area contributed by atoms with Crippen molar-refractivity contribution in [3.63, 3.8) is 0 Å². The van der Waals surface area contributed by atoms with Crippen LogP contribution in [0.1, 0.15) is 61.3 Å². The Labute approximate surface area is 114 Å². The summed E-state index contributed by atoms with van der Waals surface area (Å²) in [7, 11) is 0. The van der Waals surface area contributed by atoms with Crippen LogP contribution in [-0.4, -0.2) is 6.54 Å². The molecule has 0 radical (unpaired) electrons. The Balaban J connectivity index is 0.00000137. The van der Waals surface area contributed by atoms with Gasteiger partial charge in [-0.3, -0.25) is 0 Å². The van der Waals surface area contributed by atoms with Gasteiger partial charge in [-0.1, -0.05) is 48.5 Å². The van der Waals surface area contributed by atoms with E-state index in [1.165, 1.54) is 11.3 Å². The molecular formula is C16H32N2. The summed E-state index contributed by atoms with van der Waals surface area (Å²) in [6.07, 6.45) is 6.26. The summed E-state index contributed by atoms with van der Waals surface area (Å²) in [6, 6.07) is 0. The zero-order valence-corrected chi connectivity index (χ0v) is 13.4. The van der Waals surface area contributed by atoms with Gasteiger partial charge in [-0.25, -0.2) is 0 Å². The molecule has 0 amide bonds. The van der Waals surface area contributed by atoms with E-state index in [9.17, 15) is 0 Å². The van der Waals surface area contributed by atoms with Gasteiger partial charge in [-0.15, -0.1) is 0 Å². The zero-order chi connectivity index (χ0) is 14.4. The van der Waals surface area contributed by atoms with Crippen LogP contribution in [0, 0.1) is 10.8 Å². The predicted octanol–water partition coefficient (Wildman–Crippen LogP) is 4.19.